The van der Waals surface area contributed by atoms with Gasteiger partial charge in [-0.15, -0.1) is 6.42 Å². The summed E-state index contributed by atoms with van der Waals surface area (Å²) in [5, 5.41) is 3.57. The van der Waals surface area contributed by atoms with Crippen LogP contribution in [0.1, 0.15) is 46.5 Å². The normalized spacial score (nSPS) is 23.9. The number of nitrogens with one attached hydrogen (secondary N) is 1. The molecule has 86 valence electrons. The van der Waals surface area contributed by atoms with Gasteiger partial charge in [0, 0.05) is 12.1 Å². The van der Waals surface area contributed by atoms with E-state index < -0.39 is 0 Å². The van der Waals surface area contributed by atoms with Gasteiger partial charge in [-0.1, -0.05) is 26.2 Å². The first-order valence-corrected chi connectivity index (χ1v) is 5.95. The molecule has 0 saturated heterocycles. The molecular weight excluding hydrogens is 184 g/mol. The monoisotopic (exact) mass is 208 g/mol. The molecule has 0 aliphatic heterocycles. The zero-order chi connectivity index (χ0) is 11.5. The summed E-state index contributed by atoms with van der Waals surface area (Å²) < 4.78 is 0. The van der Waals surface area contributed by atoms with Crippen LogP contribution in [0.5, 0.6) is 0 Å². The van der Waals surface area contributed by atoms with E-state index in [0.717, 1.165) is 12.8 Å². The van der Waals surface area contributed by atoms with Crippen molar-refractivity contribution < 1.29 is 0 Å². The summed E-state index contributed by atoms with van der Waals surface area (Å²) in [4.78, 5) is 0. The second-order valence-corrected chi connectivity index (χ2v) is 5.25. The van der Waals surface area contributed by atoms with Crippen LogP contribution in [-0.2, 0) is 0 Å². The first-order valence-electron chi connectivity index (χ1n) is 5.95. The van der Waals surface area contributed by atoms with Crippen molar-refractivity contribution >= 4 is 0 Å². The van der Waals surface area contributed by atoms with Gasteiger partial charge >= 0.3 is 0 Å². The third-order valence-corrected chi connectivity index (χ3v) is 4.01. The molecule has 2 atom stereocenters. The fraction of sp³-hybridized carbons (Fsp3) is 0.846. The summed E-state index contributed by atoms with van der Waals surface area (Å²) in [5.41, 5.74) is 6.25. The SMILES string of the molecule is C#CC(CCC)NC(C)(CN)C1(C)CC1. The third kappa shape index (κ3) is 2.53. The van der Waals surface area contributed by atoms with Gasteiger partial charge < -0.3 is 5.73 Å². The van der Waals surface area contributed by atoms with E-state index in [2.05, 4.69) is 32.0 Å². The molecule has 2 nitrogen and oxygen atoms in total. The number of terminal acetylenes is 1. The van der Waals surface area contributed by atoms with Crippen molar-refractivity contribution in [1.29, 1.82) is 0 Å². The molecule has 3 N–H and O–H groups in total. The zero-order valence-electron chi connectivity index (χ0n) is 10.3. The summed E-state index contributed by atoms with van der Waals surface area (Å²) in [6, 6.07) is 0.168. The predicted molar refractivity (Wildman–Crippen MR) is 65.5 cm³/mol. The zero-order valence-corrected chi connectivity index (χ0v) is 10.3. The molecule has 0 aromatic heterocycles. The fourth-order valence-corrected chi connectivity index (χ4v) is 2.09. The van der Waals surface area contributed by atoms with Crippen LogP contribution in [0.15, 0.2) is 0 Å². The lowest BCUT2D eigenvalue weighted by molar-refractivity contribution is 0.217. The Balaban J connectivity index is 2.63. The molecule has 1 aliphatic carbocycles. The van der Waals surface area contributed by atoms with Gasteiger partial charge in [0.15, 0.2) is 0 Å². The van der Waals surface area contributed by atoms with E-state index in [-0.39, 0.29) is 11.6 Å². The summed E-state index contributed by atoms with van der Waals surface area (Å²) in [5.74, 6) is 2.83. The maximum atomic E-state index is 5.90. The highest BCUT2D eigenvalue weighted by Crippen LogP contribution is 2.53. The van der Waals surface area contributed by atoms with Gasteiger partial charge in [-0.2, -0.15) is 0 Å². The molecule has 0 spiro atoms. The molecule has 0 heterocycles. The van der Waals surface area contributed by atoms with Gasteiger partial charge in [0.1, 0.15) is 0 Å². The lowest BCUT2D eigenvalue weighted by atomic mass is 9.83. The van der Waals surface area contributed by atoms with Crippen LogP contribution in [0.25, 0.3) is 0 Å². The Morgan fingerprint density at radius 2 is 2.20 bits per heavy atom. The average Bonchev–Trinajstić information content (AvgIpc) is 2.97. The highest BCUT2D eigenvalue weighted by Gasteiger charge is 2.52. The van der Waals surface area contributed by atoms with Crippen LogP contribution in [0.3, 0.4) is 0 Å². The van der Waals surface area contributed by atoms with Crippen molar-refractivity contribution in [3.05, 3.63) is 0 Å². The third-order valence-electron chi connectivity index (χ3n) is 4.01. The molecule has 15 heavy (non-hydrogen) atoms. The predicted octanol–water partition coefficient (Wildman–Crippen LogP) is 1.90. The number of rotatable bonds is 6. The van der Waals surface area contributed by atoms with Crippen LogP contribution in [0, 0.1) is 17.8 Å². The first-order chi connectivity index (χ1) is 7.01. The lowest BCUT2D eigenvalue weighted by Crippen LogP contribution is -2.57. The quantitative estimate of drug-likeness (QED) is 0.654. The molecule has 0 amide bonds. The van der Waals surface area contributed by atoms with Gasteiger partial charge in [-0.05, 0) is 31.6 Å². The van der Waals surface area contributed by atoms with Gasteiger partial charge in [-0.3, -0.25) is 5.32 Å². The molecule has 1 saturated carbocycles. The Morgan fingerprint density at radius 1 is 1.60 bits per heavy atom. The van der Waals surface area contributed by atoms with Crippen LogP contribution in [-0.4, -0.2) is 18.1 Å². The standard InChI is InChI=1S/C13H24N2/c1-5-7-11(6-2)15-13(4,10-14)12(3)8-9-12/h2,11,15H,5,7-10,14H2,1,3-4H3. The molecule has 1 aliphatic rings. The minimum absolute atomic E-state index is 0.000787. The Kier molecular flexibility index (Phi) is 3.81. The van der Waals surface area contributed by atoms with E-state index in [1.54, 1.807) is 0 Å². The molecule has 0 aromatic rings. The molecule has 1 fully saturated rings. The molecule has 0 aromatic carbocycles. The Hall–Kier alpha value is -0.520. The molecular formula is C13H24N2. The summed E-state index contributed by atoms with van der Waals surface area (Å²) in [6.07, 6.45) is 10.2. The minimum Gasteiger partial charge on any atom is -0.329 e. The van der Waals surface area contributed by atoms with Crippen molar-refractivity contribution in [2.24, 2.45) is 11.1 Å². The van der Waals surface area contributed by atoms with E-state index in [0.29, 0.717) is 12.0 Å². The van der Waals surface area contributed by atoms with E-state index >= 15 is 0 Å². The second-order valence-electron chi connectivity index (χ2n) is 5.25. The number of hydrogen-bond donors (Lipinski definition) is 2. The molecule has 1 rings (SSSR count). The Morgan fingerprint density at radius 3 is 2.53 bits per heavy atom. The van der Waals surface area contributed by atoms with Crippen LogP contribution in [0.2, 0.25) is 0 Å². The van der Waals surface area contributed by atoms with Crippen LogP contribution in [0.4, 0.5) is 0 Å². The average molecular weight is 208 g/mol. The van der Waals surface area contributed by atoms with Crippen molar-refractivity contribution in [1.82, 2.24) is 5.32 Å². The fourth-order valence-electron chi connectivity index (χ4n) is 2.09. The first kappa shape index (κ1) is 12.5. The van der Waals surface area contributed by atoms with E-state index in [1.165, 1.54) is 12.8 Å². The summed E-state index contributed by atoms with van der Waals surface area (Å²) in [6.45, 7) is 7.32. The Bertz CT molecular complexity index is 250. The highest BCUT2D eigenvalue weighted by molar-refractivity contribution is 5.12. The van der Waals surface area contributed by atoms with Crippen LogP contribution >= 0.6 is 0 Å². The summed E-state index contributed by atoms with van der Waals surface area (Å²) >= 11 is 0. The van der Waals surface area contributed by atoms with Gasteiger partial charge in [0.25, 0.3) is 0 Å². The number of hydrogen-bond acceptors (Lipinski definition) is 2. The summed E-state index contributed by atoms with van der Waals surface area (Å²) in [7, 11) is 0. The van der Waals surface area contributed by atoms with Gasteiger partial charge in [-0.25, -0.2) is 0 Å². The lowest BCUT2D eigenvalue weighted by Gasteiger charge is -2.38. The topological polar surface area (TPSA) is 38.0 Å². The Labute approximate surface area is 94.0 Å². The van der Waals surface area contributed by atoms with Crippen molar-refractivity contribution in [3.63, 3.8) is 0 Å². The van der Waals surface area contributed by atoms with Crippen LogP contribution < -0.4 is 11.1 Å². The van der Waals surface area contributed by atoms with E-state index in [4.69, 9.17) is 12.2 Å². The number of nitrogens with two attached hydrogens (primary N) is 1. The van der Waals surface area contributed by atoms with Gasteiger partial charge in [0.2, 0.25) is 0 Å². The second kappa shape index (κ2) is 4.55. The molecule has 2 heteroatoms. The molecule has 0 radical (unpaired) electrons. The largest absolute Gasteiger partial charge is 0.329 e. The van der Waals surface area contributed by atoms with E-state index in [9.17, 15) is 0 Å². The molecule has 2 unspecified atom stereocenters. The maximum absolute atomic E-state index is 5.90. The molecule has 0 bridgehead atoms. The highest BCUT2D eigenvalue weighted by atomic mass is 15.1. The minimum atomic E-state index is -0.000787. The van der Waals surface area contributed by atoms with Crippen molar-refractivity contribution in [2.45, 2.75) is 58.0 Å². The van der Waals surface area contributed by atoms with Gasteiger partial charge in [0.05, 0.1) is 6.04 Å². The van der Waals surface area contributed by atoms with Crippen molar-refractivity contribution in [2.75, 3.05) is 6.54 Å². The smallest absolute Gasteiger partial charge is 0.0691 e. The van der Waals surface area contributed by atoms with E-state index in [1.807, 2.05) is 0 Å². The maximum Gasteiger partial charge on any atom is 0.0691 e. The van der Waals surface area contributed by atoms with Crippen molar-refractivity contribution in [3.8, 4) is 12.3 Å².